The van der Waals surface area contributed by atoms with E-state index in [-0.39, 0.29) is 0 Å². The summed E-state index contributed by atoms with van der Waals surface area (Å²) in [6.45, 7) is 2.51. The topological polar surface area (TPSA) is 74.5 Å². The van der Waals surface area contributed by atoms with E-state index in [0.717, 1.165) is 10.7 Å². The molecule has 0 aliphatic heterocycles. The first-order chi connectivity index (χ1) is 7.79. The van der Waals surface area contributed by atoms with Gasteiger partial charge < -0.3 is 5.32 Å². The van der Waals surface area contributed by atoms with Crippen LogP contribution in [0.15, 0.2) is 17.6 Å². The lowest BCUT2D eigenvalue weighted by Crippen LogP contribution is -2.04. The number of rotatable bonds is 3. The second kappa shape index (κ2) is 4.68. The predicted molar refractivity (Wildman–Crippen MR) is 60.9 cm³/mol. The lowest BCUT2D eigenvalue weighted by Gasteiger charge is -2.03. The van der Waals surface area contributed by atoms with E-state index < -0.39 is 0 Å². The Morgan fingerprint density at radius 2 is 2.44 bits per heavy atom. The number of thiazole rings is 1. The van der Waals surface area contributed by atoms with Crippen molar-refractivity contribution in [2.75, 3.05) is 5.32 Å². The van der Waals surface area contributed by atoms with E-state index >= 15 is 0 Å². The fourth-order valence-electron chi connectivity index (χ4n) is 1.22. The molecule has 2 rings (SSSR count). The first-order valence-electron chi connectivity index (χ1n) is 4.66. The minimum Gasteiger partial charge on any atom is -0.362 e. The molecule has 0 spiro atoms. The third kappa shape index (κ3) is 2.32. The van der Waals surface area contributed by atoms with Gasteiger partial charge in [-0.05, 0) is 13.0 Å². The number of aromatic nitrogens is 3. The molecule has 16 heavy (non-hydrogen) atoms. The monoisotopic (exact) mass is 231 g/mol. The van der Waals surface area contributed by atoms with Crippen molar-refractivity contribution in [1.29, 1.82) is 5.26 Å². The van der Waals surface area contributed by atoms with Crippen LogP contribution in [0.4, 0.5) is 5.82 Å². The Morgan fingerprint density at radius 3 is 3.12 bits per heavy atom. The van der Waals surface area contributed by atoms with Crippen LogP contribution >= 0.6 is 11.3 Å². The van der Waals surface area contributed by atoms with Crippen LogP contribution < -0.4 is 5.32 Å². The van der Waals surface area contributed by atoms with E-state index in [1.54, 1.807) is 17.4 Å². The zero-order valence-electron chi connectivity index (χ0n) is 8.64. The molecule has 80 valence electrons. The molecule has 0 amide bonds. The Kier molecular flexibility index (Phi) is 3.08. The second-order valence-electron chi connectivity index (χ2n) is 3.12. The third-order valence-corrected chi connectivity index (χ3v) is 2.77. The molecule has 5 nitrogen and oxygen atoms in total. The largest absolute Gasteiger partial charge is 0.362 e. The summed E-state index contributed by atoms with van der Waals surface area (Å²) in [5.74, 6) is 0.496. The number of anilines is 1. The molecular weight excluding hydrogens is 222 g/mol. The number of hydrogen-bond acceptors (Lipinski definition) is 6. The van der Waals surface area contributed by atoms with Crippen LogP contribution in [0, 0.1) is 18.3 Å². The van der Waals surface area contributed by atoms with Gasteiger partial charge in [-0.2, -0.15) is 10.4 Å². The SMILES string of the molecule is Cc1nc(CNc2nnccc2C#N)cs1. The second-order valence-corrected chi connectivity index (χ2v) is 4.18. The fourth-order valence-corrected chi connectivity index (χ4v) is 1.83. The van der Waals surface area contributed by atoms with Crippen molar-refractivity contribution in [3.8, 4) is 6.07 Å². The van der Waals surface area contributed by atoms with Gasteiger partial charge in [0, 0.05) is 5.38 Å². The molecule has 6 heteroatoms. The van der Waals surface area contributed by atoms with Crippen molar-refractivity contribution in [2.45, 2.75) is 13.5 Å². The van der Waals surface area contributed by atoms with Crippen LogP contribution in [0.3, 0.4) is 0 Å². The number of nitriles is 1. The molecule has 0 fully saturated rings. The molecular formula is C10H9N5S. The van der Waals surface area contributed by atoms with Crippen LogP contribution in [-0.4, -0.2) is 15.2 Å². The molecule has 0 aromatic carbocycles. The summed E-state index contributed by atoms with van der Waals surface area (Å²) >= 11 is 1.60. The lowest BCUT2D eigenvalue weighted by atomic mass is 10.3. The van der Waals surface area contributed by atoms with Crippen molar-refractivity contribution >= 4 is 17.2 Å². The van der Waals surface area contributed by atoms with E-state index in [1.165, 1.54) is 6.20 Å². The standard InChI is InChI=1S/C10H9N5S/c1-7-14-9(6-16-7)5-12-10-8(4-11)2-3-13-15-10/h2-3,6H,5H2,1H3,(H,12,15). The maximum absolute atomic E-state index is 8.85. The van der Waals surface area contributed by atoms with Gasteiger partial charge in [-0.1, -0.05) is 0 Å². The smallest absolute Gasteiger partial charge is 0.166 e. The highest BCUT2D eigenvalue weighted by atomic mass is 32.1. The van der Waals surface area contributed by atoms with Crippen LogP contribution in [0.2, 0.25) is 0 Å². The van der Waals surface area contributed by atoms with Crippen LogP contribution in [0.25, 0.3) is 0 Å². The average Bonchev–Trinajstić information content (AvgIpc) is 2.73. The first-order valence-corrected chi connectivity index (χ1v) is 5.54. The minimum atomic E-state index is 0.488. The molecule has 0 bridgehead atoms. The first kappa shape index (κ1) is 10.5. The molecule has 1 N–H and O–H groups in total. The molecule has 0 unspecified atom stereocenters. The Bertz CT molecular complexity index is 528. The van der Waals surface area contributed by atoms with Gasteiger partial charge in [0.2, 0.25) is 0 Å². The minimum absolute atomic E-state index is 0.488. The van der Waals surface area contributed by atoms with E-state index in [9.17, 15) is 0 Å². The van der Waals surface area contributed by atoms with Gasteiger partial charge in [-0.25, -0.2) is 4.98 Å². The fraction of sp³-hybridized carbons (Fsp3) is 0.200. The van der Waals surface area contributed by atoms with Crippen molar-refractivity contribution in [1.82, 2.24) is 15.2 Å². The quantitative estimate of drug-likeness (QED) is 0.870. The van der Waals surface area contributed by atoms with Crippen molar-refractivity contribution in [3.05, 3.63) is 33.9 Å². The van der Waals surface area contributed by atoms with E-state index in [1.807, 2.05) is 12.3 Å². The number of nitrogens with one attached hydrogen (secondary N) is 1. The van der Waals surface area contributed by atoms with Crippen LogP contribution in [0.1, 0.15) is 16.3 Å². The molecule has 0 atom stereocenters. The van der Waals surface area contributed by atoms with Gasteiger partial charge >= 0.3 is 0 Å². The predicted octanol–water partition coefficient (Wildman–Crippen LogP) is 1.73. The Morgan fingerprint density at radius 1 is 1.56 bits per heavy atom. The molecule has 0 saturated heterocycles. The highest BCUT2D eigenvalue weighted by molar-refractivity contribution is 7.09. The highest BCUT2D eigenvalue weighted by Crippen LogP contribution is 2.12. The number of hydrogen-bond donors (Lipinski definition) is 1. The summed E-state index contributed by atoms with van der Waals surface area (Å²) in [4.78, 5) is 4.31. The highest BCUT2D eigenvalue weighted by Gasteiger charge is 2.04. The van der Waals surface area contributed by atoms with Crippen molar-refractivity contribution in [2.24, 2.45) is 0 Å². The Labute approximate surface area is 96.8 Å². The van der Waals surface area contributed by atoms with E-state index in [2.05, 4.69) is 26.6 Å². The Hall–Kier alpha value is -2.00. The molecule has 0 saturated carbocycles. The van der Waals surface area contributed by atoms with Gasteiger partial charge in [0.1, 0.15) is 6.07 Å². The molecule has 0 aliphatic rings. The van der Waals surface area contributed by atoms with Gasteiger partial charge in [0.25, 0.3) is 0 Å². The average molecular weight is 231 g/mol. The van der Waals surface area contributed by atoms with Gasteiger partial charge in [-0.3, -0.25) is 0 Å². The van der Waals surface area contributed by atoms with Crippen molar-refractivity contribution < 1.29 is 0 Å². The number of aryl methyl sites for hydroxylation is 1. The zero-order valence-corrected chi connectivity index (χ0v) is 9.45. The maximum Gasteiger partial charge on any atom is 0.166 e. The lowest BCUT2D eigenvalue weighted by molar-refractivity contribution is 0.976. The van der Waals surface area contributed by atoms with Crippen LogP contribution in [0.5, 0.6) is 0 Å². The number of nitrogens with zero attached hydrogens (tertiary/aromatic N) is 4. The van der Waals surface area contributed by atoms with Crippen LogP contribution in [-0.2, 0) is 6.54 Å². The summed E-state index contributed by atoms with van der Waals surface area (Å²) in [5, 5.41) is 22.5. The van der Waals surface area contributed by atoms with Gasteiger partial charge in [0.05, 0.1) is 29.0 Å². The third-order valence-electron chi connectivity index (χ3n) is 1.94. The molecule has 0 radical (unpaired) electrons. The molecule has 2 aromatic heterocycles. The summed E-state index contributed by atoms with van der Waals surface area (Å²) in [6.07, 6.45) is 1.50. The molecule has 2 heterocycles. The Balaban J connectivity index is 2.08. The molecule has 0 aliphatic carbocycles. The normalized spacial score (nSPS) is 9.75. The zero-order chi connectivity index (χ0) is 11.4. The van der Waals surface area contributed by atoms with Crippen molar-refractivity contribution in [3.63, 3.8) is 0 Å². The van der Waals surface area contributed by atoms with E-state index in [0.29, 0.717) is 17.9 Å². The summed E-state index contributed by atoms with van der Waals surface area (Å²) in [6, 6.07) is 3.68. The van der Waals surface area contributed by atoms with Gasteiger partial charge in [-0.15, -0.1) is 16.4 Å². The van der Waals surface area contributed by atoms with Gasteiger partial charge in [0.15, 0.2) is 5.82 Å². The van der Waals surface area contributed by atoms with E-state index in [4.69, 9.17) is 5.26 Å². The summed E-state index contributed by atoms with van der Waals surface area (Å²) in [7, 11) is 0. The molecule has 2 aromatic rings. The maximum atomic E-state index is 8.85. The summed E-state index contributed by atoms with van der Waals surface area (Å²) in [5.41, 5.74) is 1.43. The summed E-state index contributed by atoms with van der Waals surface area (Å²) < 4.78 is 0.